The fourth-order valence-electron chi connectivity index (χ4n) is 3.11. The minimum Gasteiger partial charge on any atom is -0.343 e. The number of nitrogens with one attached hydrogen (secondary N) is 2. The highest BCUT2D eigenvalue weighted by atomic mass is 35.5. The van der Waals surface area contributed by atoms with Gasteiger partial charge in [0, 0.05) is 18.1 Å². The molecule has 1 aliphatic rings. The summed E-state index contributed by atoms with van der Waals surface area (Å²) in [6.45, 7) is 2.23. The van der Waals surface area contributed by atoms with E-state index < -0.39 is 6.04 Å². The number of pyridine rings is 1. The molecule has 0 radical (unpaired) electrons. The van der Waals surface area contributed by atoms with Gasteiger partial charge in [-0.3, -0.25) is 14.6 Å². The highest BCUT2D eigenvalue weighted by Crippen LogP contribution is 2.28. The first-order chi connectivity index (χ1) is 12.6. The minimum absolute atomic E-state index is 0. The van der Waals surface area contributed by atoms with Crippen LogP contribution in [0, 0.1) is 0 Å². The molecule has 6 nitrogen and oxygen atoms in total. The maximum absolute atomic E-state index is 13.2. The molecule has 0 saturated carbocycles. The predicted octanol–water partition coefficient (Wildman–Crippen LogP) is 2.08. The second kappa shape index (κ2) is 9.48. The smallest absolute Gasteiger partial charge is 0.249 e. The Morgan fingerprint density at radius 3 is 2.67 bits per heavy atom. The number of rotatable bonds is 5. The van der Waals surface area contributed by atoms with Gasteiger partial charge in [0.05, 0.1) is 12.6 Å². The van der Waals surface area contributed by atoms with Crippen LogP contribution in [0.4, 0.5) is 5.69 Å². The first-order valence-corrected chi connectivity index (χ1v) is 8.86. The van der Waals surface area contributed by atoms with Gasteiger partial charge in [-0.25, -0.2) is 0 Å². The first kappa shape index (κ1) is 20.9. The van der Waals surface area contributed by atoms with Crippen molar-refractivity contribution in [1.82, 2.24) is 15.6 Å². The summed E-state index contributed by atoms with van der Waals surface area (Å²) in [6.07, 6.45) is 4.77. The van der Waals surface area contributed by atoms with Crippen molar-refractivity contribution in [2.75, 3.05) is 11.9 Å². The standard InChI is InChI=1S/C20H24N4O2.ClH/c1-14(21-2)19(25)23-17-8-7-16-5-3-4-6-18(16)24(20(17)26)13-15-9-11-22-12-10-15;/h3-6,9-12,14,17,21H,7-8,13H2,1-2H3,(H,23,25);1H. The van der Waals surface area contributed by atoms with E-state index in [1.54, 1.807) is 31.3 Å². The topological polar surface area (TPSA) is 74.3 Å². The lowest BCUT2D eigenvalue weighted by molar-refractivity contribution is -0.128. The zero-order chi connectivity index (χ0) is 18.5. The Kier molecular flexibility index (Phi) is 7.33. The van der Waals surface area contributed by atoms with Gasteiger partial charge in [0.2, 0.25) is 11.8 Å². The molecule has 2 unspecified atom stereocenters. The molecule has 2 heterocycles. The predicted molar refractivity (Wildman–Crippen MR) is 108 cm³/mol. The number of hydrogen-bond acceptors (Lipinski definition) is 4. The third-order valence-electron chi connectivity index (χ3n) is 4.78. The van der Waals surface area contributed by atoms with Gasteiger partial charge < -0.3 is 15.5 Å². The summed E-state index contributed by atoms with van der Waals surface area (Å²) in [6, 6.07) is 10.9. The van der Waals surface area contributed by atoms with Gasteiger partial charge in [-0.1, -0.05) is 18.2 Å². The molecule has 2 amide bonds. The molecule has 0 spiro atoms. The number of carbonyl (C=O) groups is 2. The molecule has 2 aromatic rings. The summed E-state index contributed by atoms with van der Waals surface area (Å²) in [4.78, 5) is 31.3. The lowest BCUT2D eigenvalue weighted by Gasteiger charge is -2.27. The van der Waals surface area contributed by atoms with E-state index in [4.69, 9.17) is 0 Å². The normalized spacial score (nSPS) is 17.3. The monoisotopic (exact) mass is 388 g/mol. The van der Waals surface area contributed by atoms with Crippen molar-refractivity contribution in [2.24, 2.45) is 0 Å². The van der Waals surface area contributed by atoms with Crippen LogP contribution in [0.15, 0.2) is 48.8 Å². The fraction of sp³-hybridized carbons (Fsp3) is 0.350. The summed E-state index contributed by atoms with van der Waals surface area (Å²) in [5.74, 6) is -0.246. The van der Waals surface area contributed by atoms with Crippen LogP contribution in [0.5, 0.6) is 0 Å². The van der Waals surface area contributed by atoms with Gasteiger partial charge in [-0.15, -0.1) is 12.4 Å². The molecule has 1 aromatic heterocycles. The van der Waals surface area contributed by atoms with Crippen LogP contribution in [-0.2, 0) is 22.6 Å². The highest BCUT2D eigenvalue weighted by Gasteiger charge is 2.32. The van der Waals surface area contributed by atoms with Gasteiger partial charge in [0.15, 0.2) is 0 Å². The van der Waals surface area contributed by atoms with Gasteiger partial charge in [-0.05, 0) is 56.1 Å². The molecule has 2 N–H and O–H groups in total. The Hall–Kier alpha value is -2.44. The van der Waals surface area contributed by atoms with E-state index in [1.807, 2.05) is 36.4 Å². The SMILES string of the molecule is CNC(C)C(=O)NC1CCc2ccccc2N(Cc2ccncc2)C1=O.Cl. The highest BCUT2D eigenvalue weighted by molar-refractivity contribution is 6.00. The number of benzene rings is 1. The number of nitrogens with zero attached hydrogens (tertiary/aromatic N) is 2. The van der Waals surface area contributed by atoms with Crippen molar-refractivity contribution in [3.05, 3.63) is 59.9 Å². The lowest BCUT2D eigenvalue weighted by Crippen LogP contribution is -2.52. The second-order valence-electron chi connectivity index (χ2n) is 6.52. The van der Waals surface area contributed by atoms with Crippen LogP contribution in [0.2, 0.25) is 0 Å². The van der Waals surface area contributed by atoms with Crippen molar-refractivity contribution in [2.45, 2.75) is 38.4 Å². The molecule has 0 fully saturated rings. The van der Waals surface area contributed by atoms with Crippen molar-refractivity contribution < 1.29 is 9.59 Å². The van der Waals surface area contributed by atoms with Crippen LogP contribution < -0.4 is 15.5 Å². The third kappa shape index (κ3) is 4.84. The van der Waals surface area contributed by atoms with E-state index in [9.17, 15) is 9.59 Å². The molecule has 0 aliphatic carbocycles. The zero-order valence-electron chi connectivity index (χ0n) is 15.5. The Morgan fingerprint density at radius 1 is 1.26 bits per heavy atom. The molecule has 27 heavy (non-hydrogen) atoms. The molecule has 3 rings (SSSR count). The van der Waals surface area contributed by atoms with E-state index in [1.165, 1.54) is 0 Å². The third-order valence-corrected chi connectivity index (χ3v) is 4.78. The summed E-state index contributed by atoms with van der Waals surface area (Å²) in [5.41, 5.74) is 3.03. The number of fused-ring (bicyclic) bond motifs is 1. The average molecular weight is 389 g/mol. The number of aromatic nitrogens is 1. The molecule has 0 bridgehead atoms. The van der Waals surface area contributed by atoms with Crippen LogP contribution in [-0.4, -0.2) is 35.9 Å². The number of hydrogen-bond donors (Lipinski definition) is 2. The van der Waals surface area contributed by atoms with Crippen LogP contribution in [0.1, 0.15) is 24.5 Å². The number of anilines is 1. The molecular weight excluding hydrogens is 364 g/mol. The summed E-state index contributed by atoms with van der Waals surface area (Å²) < 4.78 is 0. The lowest BCUT2D eigenvalue weighted by atomic mass is 10.1. The van der Waals surface area contributed by atoms with E-state index in [2.05, 4.69) is 15.6 Å². The summed E-state index contributed by atoms with van der Waals surface area (Å²) >= 11 is 0. The summed E-state index contributed by atoms with van der Waals surface area (Å²) in [5, 5.41) is 5.81. The van der Waals surface area contributed by atoms with Gasteiger partial charge in [0.25, 0.3) is 0 Å². The Balaban J connectivity index is 0.00000261. The molecule has 0 saturated heterocycles. The van der Waals surface area contributed by atoms with Crippen LogP contribution >= 0.6 is 12.4 Å². The number of carbonyl (C=O) groups excluding carboxylic acids is 2. The molecule has 7 heteroatoms. The number of amides is 2. The fourth-order valence-corrected chi connectivity index (χ4v) is 3.11. The second-order valence-corrected chi connectivity index (χ2v) is 6.52. The maximum Gasteiger partial charge on any atom is 0.249 e. The molecule has 1 aromatic carbocycles. The van der Waals surface area contributed by atoms with Crippen molar-refractivity contribution in [3.63, 3.8) is 0 Å². The number of likely N-dealkylation sites (N-methyl/N-ethyl adjacent to an activating group) is 1. The number of para-hydroxylation sites is 1. The van der Waals surface area contributed by atoms with Crippen molar-refractivity contribution in [1.29, 1.82) is 0 Å². The minimum atomic E-state index is -0.535. The van der Waals surface area contributed by atoms with Crippen molar-refractivity contribution >= 4 is 29.9 Å². The maximum atomic E-state index is 13.2. The van der Waals surface area contributed by atoms with E-state index in [-0.39, 0.29) is 30.3 Å². The quantitative estimate of drug-likeness (QED) is 0.822. The van der Waals surface area contributed by atoms with Crippen molar-refractivity contribution in [3.8, 4) is 0 Å². The molecule has 2 atom stereocenters. The largest absolute Gasteiger partial charge is 0.343 e. The Morgan fingerprint density at radius 2 is 1.96 bits per heavy atom. The Bertz CT molecular complexity index is 785. The van der Waals surface area contributed by atoms with E-state index in [0.29, 0.717) is 13.0 Å². The van der Waals surface area contributed by atoms with E-state index >= 15 is 0 Å². The van der Waals surface area contributed by atoms with Gasteiger partial charge in [0.1, 0.15) is 6.04 Å². The van der Waals surface area contributed by atoms with Crippen LogP contribution in [0.25, 0.3) is 0 Å². The Labute approximate surface area is 165 Å². The van der Waals surface area contributed by atoms with Crippen LogP contribution in [0.3, 0.4) is 0 Å². The number of aryl methyl sites for hydroxylation is 1. The average Bonchev–Trinajstić information content (AvgIpc) is 2.80. The first-order valence-electron chi connectivity index (χ1n) is 8.86. The summed E-state index contributed by atoms with van der Waals surface area (Å²) in [7, 11) is 1.73. The number of halogens is 1. The molecular formula is C20H25ClN4O2. The zero-order valence-corrected chi connectivity index (χ0v) is 16.3. The van der Waals surface area contributed by atoms with Gasteiger partial charge in [-0.2, -0.15) is 0 Å². The van der Waals surface area contributed by atoms with E-state index in [0.717, 1.165) is 23.2 Å². The molecule has 1 aliphatic heterocycles. The molecule has 144 valence electrons. The van der Waals surface area contributed by atoms with Gasteiger partial charge >= 0.3 is 0 Å².